The predicted molar refractivity (Wildman–Crippen MR) is 117 cm³/mol. The van der Waals surface area contributed by atoms with E-state index in [2.05, 4.69) is 28.0 Å². The third kappa shape index (κ3) is 3.68. The Morgan fingerprint density at radius 3 is 2.72 bits per heavy atom. The fourth-order valence-corrected chi connectivity index (χ4v) is 4.90. The van der Waals surface area contributed by atoms with E-state index in [1.807, 2.05) is 41.4 Å². The maximum Gasteiger partial charge on any atom is 0.223 e. The van der Waals surface area contributed by atoms with Crippen molar-refractivity contribution in [2.45, 2.75) is 25.8 Å². The smallest absolute Gasteiger partial charge is 0.223 e. The van der Waals surface area contributed by atoms with Gasteiger partial charge in [-0.15, -0.1) is 11.3 Å². The van der Waals surface area contributed by atoms with E-state index < -0.39 is 0 Å². The van der Waals surface area contributed by atoms with Crippen molar-refractivity contribution in [1.29, 1.82) is 0 Å². The molecular weight excluding hydrogens is 402 g/mol. The van der Waals surface area contributed by atoms with Crippen molar-refractivity contribution in [2.75, 3.05) is 6.54 Å². The van der Waals surface area contributed by atoms with Crippen LogP contribution in [-0.2, 0) is 24.2 Å². The van der Waals surface area contributed by atoms with Crippen LogP contribution in [0.25, 0.3) is 16.2 Å². The van der Waals surface area contributed by atoms with Crippen LogP contribution in [0.4, 0.5) is 0 Å². The molecule has 1 aliphatic rings. The molecule has 4 nitrogen and oxygen atoms in total. The maximum absolute atomic E-state index is 12.8. The summed E-state index contributed by atoms with van der Waals surface area (Å²) in [5.74, 6) is 0.219. The highest BCUT2D eigenvalue weighted by Gasteiger charge is 2.20. The summed E-state index contributed by atoms with van der Waals surface area (Å²) in [6.45, 7) is 1.53. The lowest BCUT2D eigenvalue weighted by molar-refractivity contribution is -0.132. The van der Waals surface area contributed by atoms with E-state index in [1.165, 1.54) is 11.1 Å². The zero-order valence-corrected chi connectivity index (χ0v) is 17.4. The first-order chi connectivity index (χ1) is 14.2. The van der Waals surface area contributed by atoms with Crippen LogP contribution in [0.15, 0.2) is 60.1 Å². The summed E-state index contributed by atoms with van der Waals surface area (Å²) in [7, 11) is 0. The summed E-state index contributed by atoms with van der Waals surface area (Å²) in [5, 5.41) is 2.82. The molecule has 0 radical (unpaired) electrons. The van der Waals surface area contributed by atoms with Crippen LogP contribution < -0.4 is 0 Å². The molecule has 146 valence electrons. The second kappa shape index (κ2) is 7.65. The topological polar surface area (TPSA) is 37.6 Å². The molecular formula is C23H20ClN3OS. The molecule has 2 aromatic carbocycles. The monoisotopic (exact) mass is 421 g/mol. The highest BCUT2D eigenvalue weighted by Crippen LogP contribution is 2.26. The average molecular weight is 422 g/mol. The first kappa shape index (κ1) is 18.4. The molecule has 29 heavy (non-hydrogen) atoms. The minimum atomic E-state index is 0.219. The summed E-state index contributed by atoms with van der Waals surface area (Å²) in [6, 6.07) is 16.1. The minimum Gasteiger partial charge on any atom is -0.338 e. The maximum atomic E-state index is 12.8. The molecule has 2 aromatic heterocycles. The van der Waals surface area contributed by atoms with Gasteiger partial charge in [-0.1, -0.05) is 48.0 Å². The summed E-state index contributed by atoms with van der Waals surface area (Å²) in [5.41, 5.74) is 5.73. The van der Waals surface area contributed by atoms with Gasteiger partial charge in [0.05, 0.1) is 5.69 Å². The standard InChI is InChI=1S/C23H20ClN3OS/c24-19-7-5-17(6-8-19)21-14-27-20(15-29-23(27)25-21)9-10-22(28)26-12-11-16-3-1-2-4-18(16)13-26/h1-8,14-15H,9-13H2. The Labute approximate surface area is 178 Å². The number of carbonyl (C=O) groups excluding carboxylic acids is 1. The van der Waals surface area contributed by atoms with Gasteiger partial charge in [0.2, 0.25) is 5.91 Å². The number of amides is 1. The SMILES string of the molecule is O=C(CCc1csc2nc(-c3ccc(Cl)cc3)cn12)N1CCc2ccccc2C1. The van der Waals surface area contributed by atoms with E-state index in [9.17, 15) is 4.79 Å². The second-order valence-corrected chi connectivity index (χ2v) is 8.62. The predicted octanol–water partition coefficient (Wildman–Crippen LogP) is 5.23. The van der Waals surface area contributed by atoms with Crippen molar-refractivity contribution in [2.24, 2.45) is 0 Å². The summed E-state index contributed by atoms with van der Waals surface area (Å²) < 4.78 is 2.10. The number of aryl methyl sites for hydroxylation is 1. The van der Waals surface area contributed by atoms with Gasteiger partial charge >= 0.3 is 0 Å². The fourth-order valence-electron chi connectivity index (χ4n) is 3.87. The second-order valence-electron chi connectivity index (χ2n) is 7.35. The number of hydrogen-bond acceptors (Lipinski definition) is 3. The molecule has 0 spiro atoms. The number of nitrogens with zero attached hydrogens (tertiary/aromatic N) is 3. The average Bonchev–Trinajstić information content (AvgIpc) is 3.33. The van der Waals surface area contributed by atoms with Crippen LogP contribution in [0.3, 0.4) is 0 Å². The van der Waals surface area contributed by atoms with Crippen molar-refractivity contribution < 1.29 is 4.79 Å². The van der Waals surface area contributed by atoms with Gasteiger partial charge in [0.1, 0.15) is 0 Å². The number of carbonyl (C=O) groups is 1. The molecule has 0 unspecified atom stereocenters. The van der Waals surface area contributed by atoms with E-state index in [4.69, 9.17) is 16.6 Å². The van der Waals surface area contributed by atoms with Crippen molar-refractivity contribution in [3.8, 4) is 11.3 Å². The number of thiazole rings is 1. The van der Waals surface area contributed by atoms with Crippen LogP contribution in [-0.4, -0.2) is 26.7 Å². The molecule has 0 atom stereocenters. The Morgan fingerprint density at radius 1 is 1.10 bits per heavy atom. The number of aromatic nitrogens is 2. The molecule has 0 N–H and O–H groups in total. The molecule has 5 rings (SSSR count). The van der Waals surface area contributed by atoms with Crippen LogP contribution in [0, 0.1) is 0 Å². The molecule has 0 bridgehead atoms. The van der Waals surface area contributed by atoms with Gasteiger partial charge in [0.15, 0.2) is 4.96 Å². The molecule has 0 fully saturated rings. The van der Waals surface area contributed by atoms with E-state index in [0.717, 1.165) is 41.4 Å². The molecule has 0 aliphatic carbocycles. The molecule has 0 saturated heterocycles. The third-order valence-electron chi connectivity index (χ3n) is 5.50. The lowest BCUT2D eigenvalue weighted by atomic mass is 9.99. The zero-order valence-electron chi connectivity index (χ0n) is 15.8. The Kier molecular flexibility index (Phi) is 4.86. The van der Waals surface area contributed by atoms with Crippen molar-refractivity contribution in [1.82, 2.24) is 14.3 Å². The van der Waals surface area contributed by atoms with Gasteiger partial charge < -0.3 is 4.90 Å². The minimum absolute atomic E-state index is 0.219. The molecule has 0 saturated carbocycles. The van der Waals surface area contributed by atoms with Gasteiger partial charge in [-0.05, 0) is 36.1 Å². The highest BCUT2D eigenvalue weighted by molar-refractivity contribution is 7.15. The Hall–Kier alpha value is -2.63. The van der Waals surface area contributed by atoms with E-state index in [0.29, 0.717) is 17.9 Å². The first-order valence-corrected chi connectivity index (χ1v) is 11.0. The van der Waals surface area contributed by atoms with Crippen LogP contribution >= 0.6 is 22.9 Å². The van der Waals surface area contributed by atoms with E-state index >= 15 is 0 Å². The van der Waals surface area contributed by atoms with Crippen LogP contribution in [0.2, 0.25) is 5.02 Å². The lowest BCUT2D eigenvalue weighted by Gasteiger charge is -2.29. The highest BCUT2D eigenvalue weighted by atomic mass is 35.5. The van der Waals surface area contributed by atoms with E-state index in [-0.39, 0.29) is 5.91 Å². The Morgan fingerprint density at radius 2 is 1.90 bits per heavy atom. The zero-order chi connectivity index (χ0) is 19.8. The van der Waals surface area contributed by atoms with Gasteiger partial charge in [-0.2, -0.15) is 0 Å². The number of halogens is 1. The van der Waals surface area contributed by atoms with Crippen molar-refractivity contribution in [3.05, 3.63) is 82.0 Å². The van der Waals surface area contributed by atoms with Crippen LogP contribution in [0.5, 0.6) is 0 Å². The number of rotatable bonds is 4. The molecule has 1 amide bonds. The largest absolute Gasteiger partial charge is 0.338 e. The van der Waals surface area contributed by atoms with Gasteiger partial charge in [-0.25, -0.2) is 4.98 Å². The summed E-state index contributed by atoms with van der Waals surface area (Å²) >= 11 is 7.60. The number of benzene rings is 2. The number of imidazole rings is 1. The number of fused-ring (bicyclic) bond motifs is 2. The molecule has 3 heterocycles. The Balaban J connectivity index is 1.28. The van der Waals surface area contributed by atoms with Crippen molar-refractivity contribution >= 4 is 33.8 Å². The first-order valence-electron chi connectivity index (χ1n) is 9.73. The summed E-state index contributed by atoms with van der Waals surface area (Å²) in [6.07, 6.45) is 4.22. The van der Waals surface area contributed by atoms with Gasteiger partial charge in [0, 0.05) is 47.4 Å². The third-order valence-corrected chi connectivity index (χ3v) is 6.64. The lowest BCUT2D eigenvalue weighted by Crippen LogP contribution is -2.36. The molecule has 6 heteroatoms. The van der Waals surface area contributed by atoms with Crippen LogP contribution in [0.1, 0.15) is 23.2 Å². The van der Waals surface area contributed by atoms with E-state index in [1.54, 1.807) is 11.3 Å². The molecule has 4 aromatic rings. The Bertz CT molecular complexity index is 1180. The van der Waals surface area contributed by atoms with Gasteiger partial charge in [-0.3, -0.25) is 9.20 Å². The number of hydrogen-bond donors (Lipinski definition) is 0. The normalized spacial score (nSPS) is 13.6. The summed E-state index contributed by atoms with van der Waals surface area (Å²) in [4.78, 5) is 20.4. The van der Waals surface area contributed by atoms with Gasteiger partial charge in [0.25, 0.3) is 0 Å². The fraction of sp³-hybridized carbons (Fsp3) is 0.217. The molecule has 1 aliphatic heterocycles. The quantitative estimate of drug-likeness (QED) is 0.452. The van der Waals surface area contributed by atoms with Crippen molar-refractivity contribution in [3.63, 3.8) is 0 Å².